The van der Waals surface area contributed by atoms with E-state index >= 15 is 0 Å². The topological polar surface area (TPSA) is 183 Å². The average molecular weight is 495 g/mol. The number of hydrogen-bond donors (Lipinski definition) is 0. The molecule has 29 heavy (non-hydrogen) atoms. The van der Waals surface area contributed by atoms with E-state index in [0.717, 1.165) is 35.4 Å². The van der Waals surface area contributed by atoms with Crippen LogP contribution in [0.15, 0.2) is 58.3 Å². The fourth-order valence-electron chi connectivity index (χ4n) is 1.65. The minimum Gasteiger partial charge on any atom is -0.735 e. The van der Waals surface area contributed by atoms with E-state index in [1.807, 2.05) is 0 Å². The molecule has 156 valence electrons. The van der Waals surface area contributed by atoms with Gasteiger partial charge in [0.1, 0.15) is 0 Å². The summed E-state index contributed by atoms with van der Waals surface area (Å²) < 4.78 is 107. The number of rotatable bonds is 4. The molecule has 2 aromatic carbocycles. The van der Waals surface area contributed by atoms with Crippen molar-refractivity contribution >= 4 is 59.1 Å². The van der Waals surface area contributed by atoms with Crippen LogP contribution in [0.25, 0.3) is 0 Å². The first-order valence-electron chi connectivity index (χ1n) is 7.05. The maximum Gasteiger partial charge on any atom is 2.00 e. The summed E-state index contributed by atoms with van der Waals surface area (Å²) in [5.74, 6) is 0. The Morgan fingerprint density at radius 3 is 0.897 bits per heavy atom. The van der Waals surface area contributed by atoms with Crippen LogP contribution >= 0.6 is 0 Å². The standard InChI is InChI=1S/2C7H8O5S2.Mg/c2*1-6-2-4-7(5-3-6)13(8,9)14(10,11)12;/h2*2-5H,1H3,(H,10,11,12);/q;;+2/p-2. The molecule has 0 fully saturated rings. The molecular weight excluding hydrogens is 481 g/mol. The van der Waals surface area contributed by atoms with Crippen LogP contribution in [-0.4, -0.2) is 65.8 Å². The van der Waals surface area contributed by atoms with Crippen molar-refractivity contribution in [3.63, 3.8) is 0 Å². The van der Waals surface area contributed by atoms with E-state index in [0.29, 0.717) is 0 Å². The van der Waals surface area contributed by atoms with Crippen molar-refractivity contribution in [3.05, 3.63) is 59.7 Å². The first kappa shape index (κ1) is 27.9. The first-order valence-corrected chi connectivity index (χ1v) is 13.9. The average Bonchev–Trinajstić information content (AvgIpc) is 2.54. The molecule has 0 bridgehead atoms. The minimum atomic E-state index is -5.35. The zero-order valence-corrected chi connectivity index (χ0v) is 19.7. The van der Waals surface area contributed by atoms with Crippen molar-refractivity contribution in [2.75, 3.05) is 0 Å². The summed E-state index contributed by atoms with van der Waals surface area (Å²) in [6, 6.07) is 9.99. The molecule has 0 spiro atoms. The second-order valence-corrected chi connectivity index (χ2v) is 14.8. The molecular formula is C14H14MgO10S4. The summed E-state index contributed by atoms with van der Waals surface area (Å²) in [7, 11) is -20.2. The Labute approximate surface area is 184 Å². The predicted molar refractivity (Wildman–Crippen MR) is 102 cm³/mol. The maximum absolute atomic E-state index is 11.1. The number of benzene rings is 2. The molecule has 0 aliphatic heterocycles. The monoisotopic (exact) mass is 494 g/mol. The Morgan fingerprint density at radius 1 is 0.517 bits per heavy atom. The van der Waals surface area contributed by atoms with Crippen molar-refractivity contribution in [3.8, 4) is 0 Å². The second kappa shape index (κ2) is 9.82. The van der Waals surface area contributed by atoms with Crippen LogP contribution in [-0.2, 0) is 36.0 Å². The van der Waals surface area contributed by atoms with Crippen molar-refractivity contribution < 1.29 is 42.8 Å². The van der Waals surface area contributed by atoms with Gasteiger partial charge < -0.3 is 9.11 Å². The Morgan fingerprint density at radius 2 is 0.724 bits per heavy atom. The van der Waals surface area contributed by atoms with E-state index in [-0.39, 0.29) is 23.1 Å². The Bertz CT molecular complexity index is 1160. The zero-order valence-electron chi connectivity index (χ0n) is 15.0. The van der Waals surface area contributed by atoms with Crippen molar-refractivity contribution in [1.82, 2.24) is 0 Å². The van der Waals surface area contributed by atoms with Crippen LogP contribution in [0.4, 0.5) is 0 Å². The number of hydrogen-bond acceptors (Lipinski definition) is 10. The summed E-state index contributed by atoms with van der Waals surface area (Å²) in [5.41, 5.74) is 1.54. The largest absolute Gasteiger partial charge is 2.00 e. The fraction of sp³-hybridized carbons (Fsp3) is 0.143. The molecule has 0 N–H and O–H groups in total. The predicted octanol–water partition coefficient (Wildman–Crippen LogP) is 0.0770. The molecule has 10 nitrogen and oxygen atoms in total. The molecule has 0 saturated heterocycles. The normalized spacial score (nSPS) is 12.3. The molecule has 0 aliphatic carbocycles. The van der Waals surface area contributed by atoms with Gasteiger partial charge in [0, 0.05) is 0 Å². The van der Waals surface area contributed by atoms with Crippen LogP contribution in [0, 0.1) is 13.8 Å². The van der Waals surface area contributed by atoms with Gasteiger partial charge >= 0.3 is 23.1 Å². The van der Waals surface area contributed by atoms with Gasteiger partial charge in [0.15, 0.2) is 0 Å². The molecule has 0 unspecified atom stereocenters. The van der Waals surface area contributed by atoms with Gasteiger partial charge in [-0.05, 0) is 38.1 Å². The van der Waals surface area contributed by atoms with Gasteiger partial charge in [-0.2, -0.15) is 0 Å². The van der Waals surface area contributed by atoms with Gasteiger partial charge in [0.25, 0.3) is 17.7 Å². The van der Waals surface area contributed by atoms with Gasteiger partial charge in [-0.1, -0.05) is 35.4 Å². The quantitative estimate of drug-likeness (QED) is 0.320. The second-order valence-electron chi connectivity index (χ2n) is 5.35. The van der Waals surface area contributed by atoms with E-state index in [1.54, 1.807) is 13.8 Å². The van der Waals surface area contributed by atoms with Crippen molar-refractivity contribution in [2.45, 2.75) is 23.6 Å². The maximum atomic E-state index is 11.1. The molecule has 15 heteroatoms. The zero-order chi connectivity index (χ0) is 22.0. The third-order valence-electron chi connectivity index (χ3n) is 3.16. The summed E-state index contributed by atoms with van der Waals surface area (Å²) in [5, 5.41) is 0. The molecule has 0 aliphatic rings. The van der Waals surface area contributed by atoms with E-state index in [2.05, 4.69) is 0 Å². The SMILES string of the molecule is Cc1ccc(S(=O)(=O)S(=O)(=O)[O-])cc1.Cc1ccc(S(=O)(=O)S(=O)(=O)[O-])cc1.[Mg+2]. The molecule has 0 saturated carbocycles. The van der Waals surface area contributed by atoms with E-state index < -0.39 is 45.8 Å². The van der Waals surface area contributed by atoms with Gasteiger partial charge in [-0.15, -0.1) is 0 Å². The van der Waals surface area contributed by atoms with Crippen LogP contribution in [0.2, 0.25) is 0 Å². The van der Waals surface area contributed by atoms with Crippen molar-refractivity contribution in [1.29, 1.82) is 0 Å². The molecule has 0 radical (unpaired) electrons. The van der Waals surface area contributed by atoms with Crippen LogP contribution in [0.3, 0.4) is 0 Å². The van der Waals surface area contributed by atoms with E-state index in [1.165, 1.54) is 24.3 Å². The molecule has 0 aromatic heterocycles. The van der Waals surface area contributed by atoms with E-state index in [4.69, 9.17) is 0 Å². The molecule has 0 atom stereocenters. The number of aryl methyl sites for hydroxylation is 2. The van der Waals surface area contributed by atoms with Gasteiger partial charge in [0.05, 0.1) is 9.79 Å². The third kappa shape index (κ3) is 6.99. The first-order chi connectivity index (χ1) is 12.5. The molecule has 2 rings (SSSR count). The Kier molecular flexibility index (Phi) is 9.46. The summed E-state index contributed by atoms with van der Waals surface area (Å²) in [4.78, 5) is -1.00. The van der Waals surface area contributed by atoms with Crippen LogP contribution in [0.1, 0.15) is 11.1 Å². The van der Waals surface area contributed by atoms with E-state index in [9.17, 15) is 42.8 Å². The Balaban J connectivity index is 0.000000523. The van der Waals surface area contributed by atoms with Crippen LogP contribution in [0.5, 0.6) is 0 Å². The molecule has 0 amide bonds. The minimum absolute atomic E-state index is 0. The molecule has 2 aromatic rings. The van der Waals surface area contributed by atoms with Gasteiger partial charge in [0.2, 0.25) is 18.3 Å². The third-order valence-corrected chi connectivity index (χ3v) is 10.3. The fourth-order valence-corrected chi connectivity index (χ4v) is 5.14. The smallest absolute Gasteiger partial charge is 0.735 e. The summed E-state index contributed by atoms with van der Waals surface area (Å²) in [6.45, 7) is 3.42. The Hall–Kier alpha value is -1.07. The van der Waals surface area contributed by atoms with Crippen molar-refractivity contribution in [2.24, 2.45) is 0 Å². The van der Waals surface area contributed by atoms with Gasteiger partial charge in [-0.3, -0.25) is 0 Å². The summed E-state index contributed by atoms with van der Waals surface area (Å²) >= 11 is 0. The molecule has 0 heterocycles. The van der Waals surface area contributed by atoms with Gasteiger partial charge in [-0.25, -0.2) is 33.7 Å². The van der Waals surface area contributed by atoms with Crippen LogP contribution < -0.4 is 0 Å². The summed E-state index contributed by atoms with van der Waals surface area (Å²) in [6.07, 6.45) is 0.